The highest BCUT2D eigenvalue weighted by Crippen LogP contribution is 2.17. The molecule has 13 heavy (non-hydrogen) atoms. The van der Waals surface area contributed by atoms with Crippen molar-refractivity contribution in [3.8, 4) is 0 Å². The molecular formula is C7H15NO5+. The molecule has 0 amide bonds. The predicted octanol–water partition coefficient (Wildman–Crippen LogP) is -3.58. The minimum Gasteiger partial charge on any atom is -0.394 e. The molecule has 77 valence electrons. The van der Waals surface area contributed by atoms with Crippen molar-refractivity contribution >= 4 is 0 Å². The van der Waals surface area contributed by atoms with Gasteiger partial charge in [-0.25, -0.2) is 0 Å². The van der Waals surface area contributed by atoms with Crippen LogP contribution in [0.3, 0.4) is 0 Å². The van der Waals surface area contributed by atoms with Gasteiger partial charge in [0, 0.05) is 0 Å². The molecule has 0 saturated carbocycles. The third-order valence-corrected chi connectivity index (χ3v) is 2.31. The summed E-state index contributed by atoms with van der Waals surface area (Å²) in [6, 6.07) is -0.724. The number of ether oxygens (including phenoxy) is 1. The summed E-state index contributed by atoms with van der Waals surface area (Å²) in [5.74, 6) is 0. The first kappa shape index (κ1) is 10.8. The molecule has 1 heterocycles. The molecule has 0 aromatic carbocycles. The molecule has 5 N–H and O–H groups in total. The quantitative estimate of drug-likeness (QED) is 0.364. The molecule has 0 aliphatic carbocycles. The normalized spacial score (nSPS) is 46.4. The SMILES string of the molecule is C[NH2+]C1[C@H]([O])OC(CO)[C@@H](O)[C@H]1O. The van der Waals surface area contributed by atoms with Gasteiger partial charge in [0.1, 0.15) is 18.3 Å². The second kappa shape index (κ2) is 4.32. The van der Waals surface area contributed by atoms with Crippen LogP contribution in [-0.2, 0) is 9.84 Å². The lowest BCUT2D eigenvalue weighted by molar-refractivity contribution is -0.696. The van der Waals surface area contributed by atoms with Crippen LogP contribution in [0.2, 0.25) is 0 Å². The van der Waals surface area contributed by atoms with Crippen molar-refractivity contribution in [3.63, 3.8) is 0 Å². The topological polar surface area (TPSA) is 106 Å². The van der Waals surface area contributed by atoms with E-state index in [9.17, 15) is 15.3 Å². The van der Waals surface area contributed by atoms with Gasteiger partial charge in [-0.3, -0.25) is 0 Å². The molecule has 5 atom stereocenters. The van der Waals surface area contributed by atoms with Gasteiger partial charge in [0.05, 0.1) is 13.7 Å². The predicted molar refractivity (Wildman–Crippen MR) is 40.1 cm³/mol. The van der Waals surface area contributed by atoms with Crippen molar-refractivity contribution in [2.24, 2.45) is 0 Å². The first-order valence-electron chi connectivity index (χ1n) is 4.19. The Morgan fingerprint density at radius 1 is 1.38 bits per heavy atom. The molecule has 6 nitrogen and oxygen atoms in total. The average Bonchev–Trinajstić information content (AvgIpc) is 2.12. The van der Waals surface area contributed by atoms with Crippen LogP contribution in [0.5, 0.6) is 0 Å². The minimum absolute atomic E-state index is 0.465. The molecule has 0 aromatic rings. The average molecular weight is 193 g/mol. The molecule has 2 unspecified atom stereocenters. The van der Waals surface area contributed by atoms with Crippen LogP contribution < -0.4 is 5.32 Å². The van der Waals surface area contributed by atoms with Gasteiger partial charge in [0.2, 0.25) is 6.29 Å². The van der Waals surface area contributed by atoms with Gasteiger partial charge < -0.3 is 25.4 Å². The number of quaternary nitrogens is 1. The van der Waals surface area contributed by atoms with Crippen LogP contribution in [-0.4, -0.2) is 59.6 Å². The van der Waals surface area contributed by atoms with E-state index in [-0.39, 0.29) is 0 Å². The van der Waals surface area contributed by atoms with Crippen molar-refractivity contribution in [2.45, 2.75) is 30.6 Å². The Labute approximate surface area is 75.8 Å². The number of likely N-dealkylation sites (N-methyl/N-ethyl adjacent to an activating group) is 1. The Morgan fingerprint density at radius 3 is 2.46 bits per heavy atom. The fourth-order valence-electron chi connectivity index (χ4n) is 1.46. The summed E-state index contributed by atoms with van der Waals surface area (Å²) in [6.45, 7) is -0.465. The smallest absolute Gasteiger partial charge is 0.246 e. The Bertz CT molecular complexity index is 167. The number of nitrogens with two attached hydrogens (primary N) is 1. The molecule has 0 bridgehead atoms. The first-order valence-corrected chi connectivity index (χ1v) is 4.19. The van der Waals surface area contributed by atoms with E-state index in [2.05, 4.69) is 0 Å². The number of aliphatic hydroxyl groups is 3. The lowest BCUT2D eigenvalue weighted by Gasteiger charge is -2.36. The van der Waals surface area contributed by atoms with E-state index in [1.807, 2.05) is 0 Å². The Balaban J connectivity index is 2.66. The van der Waals surface area contributed by atoms with E-state index in [4.69, 9.17) is 9.84 Å². The van der Waals surface area contributed by atoms with E-state index in [1.165, 1.54) is 5.32 Å². The summed E-state index contributed by atoms with van der Waals surface area (Å²) in [5, 5.41) is 40.2. The summed E-state index contributed by atoms with van der Waals surface area (Å²) in [7, 11) is 1.62. The fourth-order valence-corrected chi connectivity index (χ4v) is 1.46. The van der Waals surface area contributed by atoms with Crippen LogP contribution in [0.25, 0.3) is 0 Å². The zero-order valence-corrected chi connectivity index (χ0v) is 7.33. The summed E-state index contributed by atoms with van der Waals surface area (Å²) >= 11 is 0. The monoisotopic (exact) mass is 193 g/mol. The molecule has 1 rings (SSSR count). The van der Waals surface area contributed by atoms with Crippen molar-refractivity contribution in [3.05, 3.63) is 0 Å². The molecule has 1 fully saturated rings. The fraction of sp³-hybridized carbons (Fsp3) is 1.00. The lowest BCUT2D eigenvalue weighted by atomic mass is 9.97. The van der Waals surface area contributed by atoms with Crippen LogP contribution >= 0.6 is 0 Å². The molecule has 1 saturated heterocycles. The molecular weight excluding hydrogens is 178 g/mol. The second-order valence-electron chi connectivity index (χ2n) is 3.12. The standard InChI is InChI=1S/C7H14NO5/c1-8-4-6(11)5(10)3(2-9)13-7(4)12/h3-11H,2H2,1H3/p+1/t3?,4?,5-,6+,7-/m1/s1. The molecule has 1 aliphatic rings. The van der Waals surface area contributed by atoms with E-state index < -0.39 is 37.3 Å². The van der Waals surface area contributed by atoms with Gasteiger partial charge in [0.15, 0.2) is 6.04 Å². The van der Waals surface area contributed by atoms with E-state index in [1.54, 1.807) is 7.05 Å². The van der Waals surface area contributed by atoms with Crippen molar-refractivity contribution < 1.29 is 30.5 Å². The van der Waals surface area contributed by atoms with E-state index >= 15 is 0 Å². The molecule has 0 spiro atoms. The maximum absolute atomic E-state index is 11.2. The van der Waals surface area contributed by atoms with E-state index in [0.717, 1.165) is 0 Å². The highest BCUT2D eigenvalue weighted by Gasteiger charge is 2.46. The van der Waals surface area contributed by atoms with Gasteiger partial charge >= 0.3 is 0 Å². The summed E-state index contributed by atoms with van der Waals surface area (Å²) in [5.41, 5.74) is 0. The number of hydrogen-bond donors (Lipinski definition) is 4. The zero-order chi connectivity index (χ0) is 10.0. The maximum atomic E-state index is 11.2. The molecule has 1 aliphatic heterocycles. The van der Waals surface area contributed by atoms with Crippen LogP contribution in [0.15, 0.2) is 0 Å². The summed E-state index contributed by atoms with van der Waals surface area (Å²) < 4.78 is 4.77. The number of rotatable bonds is 2. The third-order valence-electron chi connectivity index (χ3n) is 2.31. The van der Waals surface area contributed by atoms with Crippen molar-refractivity contribution in [1.29, 1.82) is 0 Å². The van der Waals surface area contributed by atoms with Gasteiger partial charge in [-0.1, -0.05) is 0 Å². The van der Waals surface area contributed by atoms with Crippen LogP contribution in [0.1, 0.15) is 0 Å². The van der Waals surface area contributed by atoms with Crippen molar-refractivity contribution in [1.82, 2.24) is 0 Å². The van der Waals surface area contributed by atoms with Crippen LogP contribution in [0, 0.1) is 0 Å². The largest absolute Gasteiger partial charge is 0.394 e. The molecule has 1 radical (unpaired) electrons. The zero-order valence-electron chi connectivity index (χ0n) is 7.33. The summed E-state index contributed by atoms with van der Waals surface area (Å²) in [6.07, 6.45) is -4.75. The maximum Gasteiger partial charge on any atom is 0.246 e. The van der Waals surface area contributed by atoms with E-state index in [0.29, 0.717) is 0 Å². The Kier molecular flexibility index (Phi) is 3.60. The minimum atomic E-state index is -1.42. The van der Waals surface area contributed by atoms with Gasteiger partial charge in [0.25, 0.3) is 0 Å². The Morgan fingerprint density at radius 2 is 2.00 bits per heavy atom. The highest BCUT2D eigenvalue weighted by atomic mass is 16.6. The van der Waals surface area contributed by atoms with Gasteiger partial charge in [-0.2, -0.15) is 5.11 Å². The van der Waals surface area contributed by atoms with Crippen molar-refractivity contribution in [2.75, 3.05) is 13.7 Å². The highest BCUT2D eigenvalue weighted by molar-refractivity contribution is 4.87. The first-order chi connectivity index (χ1) is 6.11. The third kappa shape index (κ3) is 1.98. The lowest BCUT2D eigenvalue weighted by Crippen LogP contribution is -2.94. The summed E-state index contributed by atoms with van der Waals surface area (Å²) in [4.78, 5) is 0. The molecule has 0 aromatic heterocycles. The number of aliphatic hydroxyl groups excluding tert-OH is 3. The number of hydrogen-bond acceptors (Lipinski definition) is 4. The van der Waals surface area contributed by atoms with Crippen LogP contribution in [0.4, 0.5) is 0 Å². The van der Waals surface area contributed by atoms with Gasteiger partial charge in [-0.05, 0) is 0 Å². The van der Waals surface area contributed by atoms with Gasteiger partial charge in [-0.15, -0.1) is 0 Å². The Hall–Kier alpha value is -0.240. The second-order valence-corrected chi connectivity index (χ2v) is 3.12. The molecule has 6 heteroatoms.